The maximum atomic E-state index is 3.56. The molecule has 0 radical (unpaired) electrons. The van der Waals surface area contributed by atoms with Crippen LogP contribution < -0.4 is 5.32 Å². The van der Waals surface area contributed by atoms with Gasteiger partial charge in [-0.25, -0.2) is 0 Å². The SMILES string of the molecule is CN(Cc1c[nH]c2ccc(Br)cc12)C1CCCNC1. The lowest BCUT2D eigenvalue weighted by Gasteiger charge is -2.31. The van der Waals surface area contributed by atoms with E-state index in [0.717, 1.165) is 17.6 Å². The number of halogens is 1. The number of nitrogens with zero attached hydrogens (tertiary/aromatic N) is 1. The topological polar surface area (TPSA) is 31.1 Å². The van der Waals surface area contributed by atoms with Gasteiger partial charge in [-0.05, 0) is 50.2 Å². The standard InChI is InChI=1S/C15H20BrN3/c1-19(13-3-2-6-17-9-13)10-11-8-18-15-5-4-12(16)7-14(11)15/h4-5,7-8,13,17-18H,2-3,6,9-10H2,1H3. The molecule has 0 saturated carbocycles. The van der Waals surface area contributed by atoms with Gasteiger partial charge in [-0.2, -0.15) is 0 Å². The van der Waals surface area contributed by atoms with E-state index in [1.807, 2.05) is 0 Å². The second-order valence-corrected chi connectivity index (χ2v) is 6.33. The zero-order chi connectivity index (χ0) is 13.2. The zero-order valence-corrected chi connectivity index (χ0v) is 12.8. The first-order chi connectivity index (χ1) is 9.24. The van der Waals surface area contributed by atoms with Crippen LogP contribution in [0.5, 0.6) is 0 Å². The van der Waals surface area contributed by atoms with Crippen LogP contribution in [0.1, 0.15) is 18.4 Å². The molecule has 0 spiro atoms. The predicted molar refractivity (Wildman–Crippen MR) is 83.4 cm³/mol. The Balaban J connectivity index is 1.78. The molecule has 1 aromatic heterocycles. The van der Waals surface area contributed by atoms with Crippen LogP contribution in [0.2, 0.25) is 0 Å². The summed E-state index contributed by atoms with van der Waals surface area (Å²) in [6.07, 6.45) is 4.73. The molecule has 3 rings (SSSR count). The van der Waals surface area contributed by atoms with E-state index in [0.29, 0.717) is 6.04 Å². The Kier molecular flexibility index (Phi) is 3.91. The summed E-state index contributed by atoms with van der Waals surface area (Å²) >= 11 is 3.56. The minimum absolute atomic E-state index is 0.658. The Bertz CT molecular complexity index is 558. The van der Waals surface area contributed by atoms with Gasteiger partial charge >= 0.3 is 0 Å². The minimum atomic E-state index is 0.658. The van der Waals surface area contributed by atoms with Crippen molar-refractivity contribution in [1.82, 2.24) is 15.2 Å². The number of aromatic amines is 1. The van der Waals surface area contributed by atoms with Crippen molar-refractivity contribution in [3.8, 4) is 0 Å². The molecule has 2 heterocycles. The zero-order valence-electron chi connectivity index (χ0n) is 11.2. The van der Waals surface area contributed by atoms with Crippen LogP contribution in [0.3, 0.4) is 0 Å². The summed E-state index contributed by atoms with van der Waals surface area (Å²) in [7, 11) is 2.23. The maximum absolute atomic E-state index is 3.56. The van der Waals surface area contributed by atoms with Crippen LogP contribution in [-0.4, -0.2) is 36.1 Å². The molecule has 1 unspecified atom stereocenters. The lowest BCUT2D eigenvalue weighted by Crippen LogP contribution is -2.43. The minimum Gasteiger partial charge on any atom is -0.361 e. The third-order valence-corrected chi connectivity index (χ3v) is 4.54. The molecule has 0 aliphatic carbocycles. The highest BCUT2D eigenvalue weighted by Crippen LogP contribution is 2.24. The number of nitrogens with one attached hydrogen (secondary N) is 2. The van der Waals surface area contributed by atoms with Gasteiger partial charge in [0.15, 0.2) is 0 Å². The van der Waals surface area contributed by atoms with Crippen LogP contribution >= 0.6 is 15.9 Å². The molecule has 2 aromatic rings. The quantitative estimate of drug-likeness (QED) is 0.910. The summed E-state index contributed by atoms with van der Waals surface area (Å²) in [6.45, 7) is 3.29. The van der Waals surface area contributed by atoms with E-state index in [1.54, 1.807) is 0 Å². The molecule has 4 heteroatoms. The van der Waals surface area contributed by atoms with Gasteiger partial charge in [-0.1, -0.05) is 15.9 Å². The molecule has 1 aliphatic heterocycles. The number of likely N-dealkylation sites (N-methyl/N-ethyl adjacent to an activating group) is 1. The molecule has 1 aliphatic rings. The maximum Gasteiger partial charge on any atom is 0.0458 e. The summed E-state index contributed by atoms with van der Waals surface area (Å²) in [5.74, 6) is 0. The summed E-state index contributed by atoms with van der Waals surface area (Å²) in [5.41, 5.74) is 2.60. The molecule has 102 valence electrons. The highest BCUT2D eigenvalue weighted by atomic mass is 79.9. The van der Waals surface area contributed by atoms with Gasteiger partial charge in [0.25, 0.3) is 0 Å². The highest BCUT2D eigenvalue weighted by molar-refractivity contribution is 9.10. The number of benzene rings is 1. The van der Waals surface area contributed by atoms with Crippen molar-refractivity contribution in [2.45, 2.75) is 25.4 Å². The van der Waals surface area contributed by atoms with Gasteiger partial charge in [-0.15, -0.1) is 0 Å². The molecule has 1 saturated heterocycles. The van der Waals surface area contributed by atoms with Crippen LogP contribution in [-0.2, 0) is 6.54 Å². The van der Waals surface area contributed by atoms with Crippen molar-refractivity contribution in [2.75, 3.05) is 20.1 Å². The molecule has 1 atom stereocenters. The first-order valence-electron chi connectivity index (χ1n) is 6.90. The van der Waals surface area contributed by atoms with E-state index < -0.39 is 0 Å². The second kappa shape index (κ2) is 5.65. The monoisotopic (exact) mass is 321 g/mol. The van der Waals surface area contributed by atoms with E-state index in [9.17, 15) is 0 Å². The molecule has 1 aromatic carbocycles. The number of rotatable bonds is 3. The lowest BCUT2D eigenvalue weighted by molar-refractivity contribution is 0.196. The van der Waals surface area contributed by atoms with E-state index in [1.165, 1.54) is 35.9 Å². The first kappa shape index (κ1) is 13.2. The fraction of sp³-hybridized carbons (Fsp3) is 0.467. The first-order valence-corrected chi connectivity index (χ1v) is 7.70. The van der Waals surface area contributed by atoms with Crippen molar-refractivity contribution >= 4 is 26.8 Å². The lowest BCUT2D eigenvalue weighted by atomic mass is 10.1. The third-order valence-electron chi connectivity index (χ3n) is 4.04. The van der Waals surface area contributed by atoms with E-state index >= 15 is 0 Å². The van der Waals surface area contributed by atoms with Crippen molar-refractivity contribution in [3.63, 3.8) is 0 Å². The van der Waals surface area contributed by atoms with Gasteiger partial charge in [0.2, 0.25) is 0 Å². The van der Waals surface area contributed by atoms with E-state index in [2.05, 4.69) is 62.6 Å². The van der Waals surface area contributed by atoms with Crippen molar-refractivity contribution < 1.29 is 0 Å². The third kappa shape index (κ3) is 2.86. The molecular weight excluding hydrogens is 302 g/mol. The molecule has 2 N–H and O–H groups in total. The molecule has 0 amide bonds. The molecule has 3 nitrogen and oxygen atoms in total. The molecule has 19 heavy (non-hydrogen) atoms. The van der Waals surface area contributed by atoms with Gasteiger partial charge in [0, 0.05) is 40.7 Å². The number of hydrogen-bond acceptors (Lipinski definition) is 2. The largest absolute Gasteiger partial charge is 0.361 e. The average Bonchev–Trinajstić information content (AvgIpc) is 2.82. The van der Waals surface area contributed by atoms with Gasteiger partial charge in [-0.3, -0.25) is 4.90 Å². The van der Waals surface area contributed by atoms with E-state index in [4.69, 9.17) is 0 Å². The van der Waals surface area contributed by atoms with Crippen molar-refractivity contribution in [2.24, 2.45) is 0 Å². The average molecular weight is 322 g/mol. The van der Waals surface area contributed by atoms with Crippen molar-refractivity contribution in [3.05, 3.63) is 34.4 Å². The van der Waals surface area contributed by atoms with Crippen molar-refractivity contribution in [1.29, 1.82) is 0 Å². The van der Waals surface area contributed by atoms with Gasteiger partial charge in [0.1, 0.15) is 0 Å². The van der Waals surface area contributed by atoms with Crippen LogP contribution in [0.15, 0.2) is 28.9 Å². The summed E-state index contributed by atoms with van der Waals surface area (Å²) in [4.78, 5) is 5.83. The normalized spacial score (nSPS) is 20.3. The highest BCUT2D eigenvalue weighted by Gasteiger charge is 2.18. The van der Waals surface area contributed by atoms with Gasteiger partial charge in [0.05, 0.1) is 0 Å². The molecule has 0 bridgehead atoms. The summed E-state index contributed by atoms with van der Waals surface area (Å²) in [6, 6.07) is 7.07. The Morgan fingerprint density at radius 2 is 2.32 bits per heavy atom. The van der Waals surface area contributed by atoms with Gasteiger partial charge < -0.3 is 10.3 Å². The van der Waals surface area contributed by atoms with Crippen LogP contribution in [0.25, 0.3) is 10.9 Å². The van der Waals surface area contributed by atoms with Crippen LogP contribution in [0, 0.1) is 0 Å². The van der Waals surface area contributed by atoms with Crippen LogP contribution in [0.4, 0.5) is 0 Å². The number of piperidine rings is 1. The Hall–Kier alpha value is -0.840. The summed E-state index contributed by atoms with van der Waals surface area (Å²) in [5, 5.41) is 4.81. The predicted octanol–water partition coefficient (Wildman–Crippen LogP) is 3.11. The summed E-state index contributed by atoms with van der Waals surface area (Å²) < 4.78 is 1.14. The van der Waals surface area contributed by atoms with E-state index in [-0.39, 0.29) is 0 Å². The Labute approximate surface area is 122 Å². The number of H-pyrrole nitrogens is 1. The second-order valence-electron chi connectivity index (χ2n) is 5.42. The Morgan fingerprint density at radius 3 is 3.11 bits per heavy atom. The Morgan fingerprint density at radius 1 is 1.42 bits per heavy atom. The molecule has 1 fully saturated rings. The number of aromatic nitrogens is 1. The number of fused-ring (bicyclic) bond motifs is 1. The number of hydrogen-bond donors (Lipinski definition) is 2. The smallest absolute Gasteiger partial charge is 0.0458 e. The fourth-order valence-electron chi connectivity index (χ4n) is 2.89. The molecular formula is C15H20BrN3. The fourth-order valence-corrected chi connectivity index (χ4v) is 3.25.